The molecule has 6 nitrogen and oxygen atoms in total. The van der Waals surface area contributed by atoms with Crippen molar-refractivity contribution in [3.05, 3.63) is 35.6 Å². The van der Waals surface area contributed by atoms with Gasteiger partial charge >= 0.3 is 0 Å². The van der Waals surface area contributed by atoms with E-state index in [1.165, 1.54) is 12.1 Å². The average Bonchev–Trinajstić information content (AvgIpc) is 2.74. The monoisotopic (exact) mass is 418 g/mol. The average molecular weight is 419 g/mol. The van der Waals surface area contributed by atoms with Crippen LogP contribution in [-0.2, 0) is 16.0 Å². The number of carbonyl (C=O) groups excluding carboxylic acids is 2. The molecule has 2 heterocycles. The predicted octanol–water partition coefficient (Wildman–Crippen LogP) is 1.74. The molecule has 2 amide bonds. The van der Waals surface area contributed by atoms with E-state index >= 15 is 0 Å². The number of rotatable bonds is 8. The fourth-order valence-electron chi connectivity index (χ4n) is 4.62. The number of hydrogen-bond acceptors (Lipinski definition) is 4. The highest BCUT2D eigenvalue weighted by atomic mass is 19.1. The van der Waals surface area contributed by atoms with Gasteiger partial charge in [-0.3, -0.25) is 14.5 Å². The first-order valence-corrected chi connectivity index (χ1v) is 11.1. The molecule has 0 bridgehead atoms. The lowest BCUT2D eigenvalue weighted by atomic mass is 9.96. The van der Waals surface area contributed by atoms with Crippen LogP contribution in [0.25, 0.3) is 0 Å². The van der Waals surface area contributed by atoms with E-state index < -0.39 is 0 Å². The molecule has 1 aromatic carbocycles. The molecule has 1 atom stereocenters. The summed E-state index contributed by atoms with van der Waals surface area (Å²) < 4.78 is 13.1. The van der Waals surface area contributed by atoms with Gasteiger partial charge in [-0.2, -0.15) is 0 Å². The standard InChI is InChI=1S/C23H35FN4O2/c1-26(22(29)17-28-13-9-20(10-14-28)23(25)30)15-19-3-2-11-27(16-19)12-8-18-4-6-21(24)7-5-18/h4-7,19-20H,2-3,8-17H2,1H3,(H2,25,30). The van der Waals surface area contributed by atoms with Crippen LogP contribution in [-0.4, -0.2) is 79.4 Å². The lowest BCUT2D eigenvalue weighted by Crippen LogP contribution is -2.46. The number of piperidine rings is 2. The van der Waals surface area contributed by atoms with E-state index in [0.717, 1.165) is 76.9 Å². The van der Waals surface area contributed by atoms with Gasteiger partial charge in [0, 0.05) is 32.6 Å². The maximum atomic E-state index is 13.1. The van der Waals surface area contributed by atoms with E-state index in [1.807, 2.05) is 24.1 Å². The first-order chi connectivity index (χ1) is 14.4. The van der Waals surface area contributed by atoms with Crippen LogP contribution < -0.4 is 5.73 Å². The number of carbonyl (C=O) groups is 2. The van der Waals surface area contributed by atoms with Crippen LogP contribution in [0.1, 0.15) is 31.2 Å². The fraction of sp³-hybridized carbons (Fsp3) is 0.652. The van der Waals surface area contributed by atoms with Gasteiger partial charge in [0.05, 0.1) is 6.54 Å². The lowest BCUT2D eigenvalue weighted by molar-refractivity contribution is -0.132. The van der Waals surface area contributed by atoms with Gasteiger partial charge in [-0.25, -0.2) is 4.39 Å². The number of benzene rings is 1. The van der Waals surface area contributed by atoms with Crippen molar-refractivity contribution < 1.29 is 14.0 Å². The van der Waals surface area contributed by atoms with Crippen LogP contribution in [0.2, 0.25) is 0 Å². The third-order valence-electron chi connectivity index (χ3n) is 6.54. The number of nitrogens with two attached hydrogens (primary N) is 1. The highest BCUT2D eigenvalue weighted by Gasteiger charge is 2.26. The molecule has 2 saturated heterocycles. The molecule has 2 aliphatic rings. The number of amides is 2. The zero-order chi connectivity index (χ0) is 21.5. The number of hydrogen-bond donors (Lipinski definition) is 1. The van der Waals surface area contributed by atoms with Gasteiger partial charge in [0.2, 0.25) is 11.8 Å². The molecule has 7 heteroatoms. The summed E-state index contributed by atoms with van der Waals surface area (Å²) in [4.78, 5) is 30.4. The number of nitrogens with zero attached hydrogens (tertiary/aromatic N) is 3. The Bertz CT molecular complexity index is 704. The zero-order valence-corrected chi connectivity index (χ0v) is 18.1. The van der Waals surface area contributed by atoms with Crippen LogP contribution in [0.3, 0.4) is 0 Å². The Kier molecular flexibility index (Phi) is 8.22. The molecular weight excluding hydrogens is 383 g/mol. The first kappa shape index (κ1) is 22.7. The van der Waals surface area contributed by atoms with Gasteiger partial charge in [-0.15, -0.1) is 0 Å². The minimum Gasteiger partial charge on any atom is -0.369 e. The zero-order valence-electron chi connectivity index (χ0n) is 18.1. The van der Waals surface area contributed by atoms with E-state index in [2.05, 4.69) is 9.80 Å². The van der Waals surface area contributed by atoms with Crippen LogP contribution >= 0.6 is 0 Å². The number of likely N-dealkylation sites (tertiary alicyclic amines) is 2. The van der Waals surface area contributed by atoms with E-state index in [-0.39, 0.29) is 23.5 Å². The summed E-state index contributed by atoms with van der Waals surface area (Å²) in [6, 6.07) is 6.75. The molecule has 30 heavy (non-hydrogen) atoms. The molecule has 166 valence electrons. The Hall–Kier alpha value is -1.99. The Morgan fingerprint density at radius 3 is 2.47 bits per heavy atom. The minimum atomic E-state index is -0.223. The number of primary amides is 1. The van der Waals surface area contributed by atoms with E-state index in [4.69, 9.17) is 5.73 Å². The van der Waals surface area contributed by atoms with Crippen molar-refractivity contribution in [3.8, 4) is 0 Å². The maximum absolute atomic E-state index is 13.1. The summed E-state index contributed by atoms with van der Waals surface area (Å²) in [6.45, 7) is 5.77. The van der Waals surface area contributed by atoms with Crippen molar-refractivity contribution in [2.75, 3.05) is 52.9 Å². The molecule has 0 aromatic heterocycles. The molecule has 0 saturated carbocycles. The van der Waals surface area contributed by atoms with E-state index in [9.17, 15) is 14.0 Å². The topological polar surface area (TPSA) is 69.9 Å². The van der Waals surface area contributed by atoms with Crippen LogP contribution in [0.15, 0.2) is 24.3 Å². The Morgan fingerprint density at radius 2 is 1.80 bits per heavy atom. The van der Waals surface area contributed by atoms with Gasteiger partial charge in [0.1, 0.15) is 5.82 Å². The molecular formula is C23H35FN4O2. The van der Waals surface area contributed by atoms with Gasteiger partial charge in [0.15, 0.2) is 0 Å². The summed E-state index contributed by atoms with van der Waals surface area (Å²) in [5, 5.41) is 0. The normalized spacial score (nSPS) is 21.5. The van der Waals surface area contributed by atoms with Crippen molar-refractivity contribution in [2.24, 2.45) is 17.6 Å². The SMILES string of the molecule is CN(CC1CCCN(CCc2ccc(F)cc2)C1)C(=O)CN1CCC(C(N)=O)CC1. The minimum absolute atomic E-state index is 0.0442. The van der Waals surface area contributed by atoms with Crippen LogP contribution in [0, 0.1) is 17.7 Å². The Balaban J connectivity index is 1.38. The molecule has 0 aliphatic carbocycles. The molecule has 1 aromatic rings. The van der Waals surface area contributed by atoms with E-state index in [1.54, 1.807) is 0 Å². The Labute approximate surface area is 179 Å². The highest BCUT2D eigenvalue weighted by Crippen LogP contribution is 2.19. The van der Waals surface area contributed by atoms with Gasteiger partial charge < -0.3 is 15.5 Å². The summed E-state index contributed by atoms with van der Waals surface area (Å²) in [5.74, 6) is 0.177. The van der Waals surface area contributed by atoms with Gasteiger partial charge in [0.25, 0.3) is 0 Å². The van der Waals surface area contributed by atoms with Crippen molar-refractivity contribution in [3.63, 3.8) is 0 Å². The van der Waals surface area contributed by atoms with Crippen LogP contribution in [0.5, 0.6) is 0 Å². The van der Waals surface area contributed by atoms with Crippen molar-refractivity contribution in [1.29, 1.82) is 0 Å². The number of halogens is 1. The Morgan fingerprint density at radius 1 is 1.10 bits per heavy atom. The lowest BCUT2D eigenvalue weighted by Gasteiger charge is -2.36. The summed E-state index contributed by atoms with van der Waals surface area (Å²) in [7, 11) is 1.90. The van der Waals surface area contributed by atoms with Gasteiger partial charge in [-0.1, -0.05) is 12.1 Å². The largest absolute Gasteiger partial charge is 0.369 e. The smallest absolute Gasteiger partial charge is 0.236 e. The molecule has 1 unspecified atom stereocenters. The van der Waals surface area contributed by atoms with Gasteiger partial charge in [-0.05, 0) is 75.4 Å². The first-order valence-electron chi connectivity index (χ1n) is 11.1. The molecule has 2 N–H and O–H groups in total. The highest BCUT2D eigenvalue weighted by molar-refractivity contribution is 5.78. The summed E-state index contributed by atoms with van der Waals surface area (Å²) in [5.41, 5.74) is 6.54. The van der Waals surface area contributed by atoms with Crippen molar-refractivity contribution in [1.82, 2.24) is 14.7 Å². The quantitative estimate of drug-likeness (QED) is 0.698. The maximum Gasteiger partial charge on any atom is 0.236 e. The second-order valence-electron chi connectivity index (χ2n) is 8.91. The predicted molar refractivity (Wildman–Crippen MR) is 115 cm³/mol. The molecule has 0 spiro atoms. The summed E-state index contributed by atoms with van der Waals surface area (Å²) >= 11 is 0. The number of likely N-dealkylation sites (N-methyl/N-ethyl adjacent to an activating group) is 1. The molecule has 0 radical (unpaired) electrons. The van der Waals surface area contributed by atoms with Crippen LogP contribution in [0.4, 0.5) is 4.39 Å². The van der Waals surface area contributed by atoms with Crippen molar-refractivity contribution in [2.45, 2.75) is 32.1 Å². The van der Waals surface area contributed by atoms with Crippen molar-refractivity contribution >= 4 is 11.8 Å². The molecule has 3 rings (SSSR count). The fourth-order valence-corrected chi connectivity index (χ4v) is 4.62. The second-order valence-corrected chi connectivity index (χ2v) is 8.91. The van der Waals surface area contributed by atoms with E-state index in [0.29, 0.717) is 12.5 Å². The summed E-state index contributed by atoms with van der Waals surface area (Å²) in [6.07, 6.45) is 4.71. The third-order valence-corrected chi connectivity index (χ3v) is 6.54. The second kappa shape index (κ2) is 10.9. The molecule has 2 fully saturated rings. The molecule has 2 aliphatic heterocycles. The third kappa shape index (κ3) is 6.77.